The standard InChI is InChI=1S/C14H20N2O3/c1-5-16(6-2)14(18)11-7-8-13(19-4)12(9-11)15-10(3)17/h7-9H,5-6H2,1-4H3,(H,15,17). The smallest absolute Gasteiger partial charge is 0.253 e. The van der Waals surface area contributed by atoms with Crippen LogP contribution >= 0.6 is 0 Å². The number of carbonyl (C=O) groups is 2. The van der Waals surface area contributed by atoms with Crippen LogP contribution in [0.3, 0.4) is 0 Å². The maximum absolute atomic E-state index is 12.2. The Bertz CT molecular complexity index is 468. The summed E-state index contributed by atoms with van der Waals surface area (Å²) in [7, 11) is 1.52. The van der Waals surface area contributed by atoms with Gasteiger partial charge in [-0.3, -0.25) is 9.59 Å². The predicted octanol–water partition coefficient (Wildman–Crippen LogP) is 2.14. The van der Waals surface area contributed by atoms with E-state index in [1.54, 1.807) is 23.1 Å². The minimum atomic E-state index is -0.203. The van der Waals surface area contributed by atoms with E-state index in [-0.39, 0.29) is 11.8 Å². The molecule has 0 saturated carbocycles. The highest BCUT2D eigenvalue weighted by molar-refractivity contribution is 5.97. The van der Waals surface area contributed by atoms with Crippen molar-refractivity contribution in [1.82, 2.24) is 4.90 Å². The summed E-state index contributed by atoms with van der Waals surface area (Å²) in [5.74, 6) is 0.274. The zero-order valence-electron chi connectivity index (χ0n) is 11.8. The molecule has 1 aromatic rings. The molecule has 0 aliphatic heterocycles. The van der Waals surface area contributed by atoms with Crippen LogP contribution in [0.1, 0.15) is 31.1 Å². The van der Waals surface area contributed by atoms with E-state index >= 15 is 0 Å². The summed E-state index contributed by atoms with van der Waals surface area (Å²) in [4.78, 5) is 25.1. The van der Waals surface area contributed by atoms with Gasteiger partial charge in [0.15, 0.2) is 0 Å². The Morgan fingerprint density at radius 2 is 1.89 bits per heavy atom. The lowest BCUT2D eigenvalue weighted by Gasteiger charge is -2.19. The summed E-state index contributed by atoms with van der Waals surface area (Å²) < 4.78 is 5.15. The highest BCUT2D eigenvalue weighted by Gasteiger charge is 2.15. The van der Waals surface area contributed by atoms with Crippen LogP contribution in [-0.2, 0) is 4.79 Å². The fraction of sp³-hybridized carbons (Fsp3) is 0.429. The molecular weight excluding hydrogens is 244 g/mol. The highest BCUT2D eigenvalue weighted by atomic mass is 16.5. The first-order valence-corrected chi connectivity index (χ1v) is 6.28. The SMILES string of the molecule is CCN(CC)C(=O)c1ccc(OC)c(NC(C)=O)c1. The summed E-state index contributed by atoms with van der Waals surface area (Å²) >= 11 is 0. The van der Waals surface area contributed by atoms with Gasteiger partial charge in [0.2, 0.25) is 5.91 Å². The molecule has 0 heterocycles. The van der Waals surface area contributed by atoms with Gasteiger partial charge in [0.25, 0.3) is 5.91 Å². The quantitative estimate of drug-likeness (QED) is 0.886. The molecule has 19 heavy (non-hydrogen) atoms. The number of anilines is 1. The number of methoxy groups -OCH3 is 1. The fourth-order valence-electron chi connectivity index (χ4n) is 1.82. The lowest BCUT2D eigenvalue weighted by atomic mass is 10.1. The lowest BCUT2D eigenvalue weighted by molar-refractivity contribution is -0.114. The Hall–Kier alpha value is -2.04. The van der Waals surface area contributed by atoms with E-state index in [4.69, 9.17) is 4.74 Å². The number of nitrogens with one attached hydrogen (secondary N) is 1. The third kappa shape index (κ3) is 3.71. The van der Waals surface area contributed by atoms with Crippen molar-refractivity contribution in [3.05, 3.63) is 23.8 Å². The van der Waals surface area contributed by atoms with Crippen molar-refractivity contribution in [2.75, 3.05) is 25.5 Å². The van der Waals surface area contributed by atoms with Crippen molar-refractivity contribution in [2.24, 2.45) is 0 Å². The van der Waals surface area contributed by atoms with Gasteiger partial charge in [-0.25, -0.2) is 0 Å². The summed E-state index contributed by atoms with van der Waals surface area (Å²) in [6, 6.07) is 5.02. The average Bonchev–Trinajstić information content (AvgIpc) is 2.39. The van der Waals surface area contributed by atoms with Crippen LogP contribution < -0.4 is 10.1 Å². The van der Waals surface area contributed by atoms with Crippen molar-refractivity contribution in [2.45, 2.75) is 20.8 Å². The molecule has 0 atom stereocenters. The molecule has 0 fully saturated rings. The molecular formula is C14H20N2O3. The first kappa shape index (κ1) is 15.0. The molecule has 0 aromatic heterocycles. The number of amides is 2. The number of ether oxygens (including phenoxy) is 1. The topological polar surface area (TPSA) is 58.6 Å². The molecule has 5 nitrogen and oxygen atoms in total. The van der Waals surface area contributed by atoms with Crippen LogP contribution in [0.2, 0.25) is 0 Å². The van der Waals surface area contributed by atoms with E-state index in [9.17, 15) is 9.59 Å². The molecule has 5 heteroatoms. The second-order valence-electron chi connectivity index (χ2n) is 4.07. The van der Waals surface area contributed by atoms with Crippen LogP contribution in [0, 0.1) is 0 Å². The zero-order valence-corrected chi connectivity index (χ0v) is 11.8. The number of benzene rings is 1. The molecule has 0 saturated heterocycles. The van der Waals surface area contributed by atoms with E-state index in [1.165, 1.54) is 14.0 Å². The van der Waals surface area contributed by atoms with Gasteiger partial charge in [-0.2, -0.15) is 0 Å². The van der Waals surface area contributed by atoms with Crippen LogP contribution in [0.4, 0.5) is 5.69 Å². The van der Waals surface area contributed by atoms with Gasteiger partial charge >= 0.3 is 0 Å². The molecule has 0 radical (unpaired) electrons. The minimum absolute atomic E-state index is 0.0562. The van der Waals surface area contributed by atoms with Crippen molar-refractivity contribution >= 4 is 17.5 Å². The van der Waals surface area contributed by atoms with Crippen molar-refractivity contribution in [3.8, 4) is 5.75 Å². The van der Waals surface area contributed by atoms with Crippen molar-refractivity contribution < 1.29 is 14.3 Å². The number of hydrogen-bond acceptors (Lipinski definition) is 3. The second-order valence-corrected chi connectivity index (χ2v) is 4.07. The van der Waals surface area contributed by atoms with Gasteiger partial charge in [-0.1, -0.05) is 0 Å². The largest absolute Gasteiger partial charge is 0.495 e. The molecule has 104 valence electrons. The van der Waals surface area contributed by atoms with E-state index in [1.807, 2.05) is 13.8 Å². The normalized spacial score (nSPS) is 9.89. The first-order chi connectivity index (χ1) is 9.03. The van der Waals surface area contributed by atoms with E-state index in [0.717, 1.165) is 0 Å². The van der Waals surface area contributed by atoms with Crippen molar-refractivity contribution in [3.63, 3.8) is 0 Å². The van der Waals surface area contributed by atoms with Gasteiger partial charge in [0.05, 0.1) is 12.8 Å². The van der Waals surface area contributed by atoms with Gasteiger partial charge in [0.1, 0.15) is 5.75 Å². The molecule has 0 aliphatic rings. The maximum atomic E-state index is 12.2. The van der Waals surface area contributed by atoms with Crippen molar-refractivity contribution in [1.29, 1.82) is 0 Å². The molecule has 0 bridgehead atoms. The Kier molecular flexibility index (Phi) is 5.36. The Labute approximate surface area is 113 Å². The molecule has 0 aliphatic carbocycles. The molecule has 0 spiro atoms. The molecule has 1 N–H and O–H groups in total. The van der Waals surface area contributed by atoms with Crippen LogP contribution in [0.15, 0.2) is 18.2 Å². The van der Waals surface area contributed by atoms with E-state index in [0.29, 0.717) is 30.1 Å². The summed E-state index contributed by atoms with van der Waals surface area (Å²) in [5, 5.41) is 2.66. The highest BCUT2D eigenvalue weighted by Crippen LogP contribution is 2.26. The molecule has 0 unspecified atom stereocenters. The summed E-state index contributed by atoms with van der Waals surface area (Å²) in [6.07, 6.45) is 0. The van der Waals surface area contributed by atoms with Crippen LogP contribution in [0.25, 0.3) is 0 Å². The maximum Gasteiger partial charge on any atom is 0.253 e. The number of carbonyl (C=O) groups excluding carboxylic acids is 2. The minimum Gasteiger partial charge on any atom is -0.495 e. The monoisotopic (exact) mass is 264 g/mol. The summed E-state index contributed by atoms with van der Waals surface area (Å²) in [6.45, 7) is 6.57. The third-order valence-electron chi connectivity index (χ3n) is 2.81. The Morgan fingerprint density at radius 1 is 1.26 bits per heavy atom. The first-order valence-electron chi connectivity index (χ1n) is 6.28. The number of nitrogens with zero attached hydrogens (tertiary/aromatic N) is 1. The Morgan fingerprint density at radius 3 is 2.37 bits per heavy atom. The fourth-order valence-corrected chi connectivity index (χ4v) is 1.82. The van der Waals surface area contributed by atoms with Crippen LogP contribution in [0.5, 0.6) is 5.75 Å². The third-order valence-corrected chi connectivity index (χ3v) is 2.81. The lowest BCUT2D eigenvalue weighted by Crippen LogP contribution is -2.30. The predicted molar refractivity (Wildman–Crippen MR) is 74.5 cm³/mol. The zero-order chi connectivity index (χ0) is 14.4. The number of rotatable bonds is 5. The second kappa shape index (κ2) is 6.78. The Balaban J connectivity index is 3.10. The van der Waals surface area contributed by atoms with Gasteiger partial charge in [-0.15, -0.1) is 0 Å². The summed E-state index contributed by atoms with van der Waals surface area (Å²) in [5.41, 5.74) is 1.04. The van der Waals surface area contributed by atoms with Gasteiger partial charge in [0, 0.05) is 25.6 Å². The van der Waals surface area contributed by atoms with E-state index in [2.05, 4.69) is 5.32 Å². The van der Waals surface area contributed by atoms with Gasteiger partial charge < -0.3 is 15.0 Å². The van der Waals surface area contributed by atoms with Gasteiger partial charge in [-0.05, 0) is 32.0 Å². The number of hydrogen-bond donors (Lipinski definition) is 1. The van der Waals surface area contributed by atoms with Crippen LogP contribution in [-0.4, -0.2) is 36.9 Å². The molecule has 1 rings (SSSR count). The average molecular weight is 264 g/mol. The van der Waals surface area contributed by atoms with E-state index < -0.39 is 0 Å². The molecule has 1 aromatic carbocycles. The molecule has 2 amide bonds.